The van der Waals surface area contributed by atoms with Gasteiger partial charge in [0.1, 0.15) is 4.75 Å². The van der Waals surface area contributed by atoms with E-state index in [4.69, 9.17) is 16.7 Å². The molecule has 3 aromatic rings. The summed E-state index contributed by atoms with van der Waals surface area (Å²) in [7, 11) is -4.32. The van der Waals surface area contributed by atoms with Crippen molar-refractivity contribution >= 4 is 33.4 Å². The second kappa shape index (κ2) is 8.90. The number of halogens is 1. The number of carboxylic acid groups (broad SMARTS) is 1. The zero-order chi connectivity index (χ0) is 23.7. The topological polar surface area (TPSA) is 130 Å². The standard InChI is InChI=1S/C23H23ClN2O5S/c1-14-12-18(26-20(14)21(27)15-8-10-17(24)11-9-15)13-19(22(28)29)23(2,32(25,30)31)16-6-4-3-5-7-16/h3-12,19,26H,13H2,1-2H3,(H,28,29)(H2,25,30,31). The zero-order valence-electron chi connectivity index (χ0n) is 17.5. The van der Waals surface area contributed by atoms with Crippen molar-refractivity contribution < 1.29 is 23.1 Å². The van der Waals surface area contributed by atoms with Crippen molar-refractivity contribution in [2.45, 2.75) is 25.0 Å². The highest BCUT2D eigenvalue weighted by molar-refractivity contribution is 7.90. The van der Waals surface area contributed by atoms with E-state index >= 15 is 0 Å². The van der Waals surface area contributed by atoms with Gasteiger partial charge in [0.15, 0.2) is 0 Å². The molecule has 0 fully saturated rings. The van der Waals surface area contributed by atoms with E-state index in [0.717, 1.165) is 0 Å². The van der Waals surface area contributed by atoms with Crippen LogP contribution in [-0.4, -0.2) is 30.3 Å². The van der Waals surface area contributed by atoms with Crippen molar-refractivity contribution in [2.75, 3.05) is 0 Å². The molecule has 0 aliphatic rings. The lowest BCUT2D eigenvalue weighted by atomic mass is 9.83. The Morgan fingerprint density at radius 1 is 1.12 bits per heavy atom. The number of hydrogen-bond donors (Lipinski definition) is 3. The number of sulfonamides is 1. The Kier molecular flexibility index (Phi) is 6.59. The van der Waals surface area contributed by atoms with Crippen LogP contribution in [0.1, 0.15) is 39.8 Å². The number of nitrogens with one attached hydrogen (secondary N) is 1. The Hall–Kier alpha value is -2.94. The maximum absolute atomic E-state index is 12.9. The largest absolute Gasteiger partial charge is 0.481 e. The quantitative estimate of drug-likeness (QED) is 0.429. The average Bonchev–Trinajstić information content (AvgIpc) is 3.11. The lowest BCUT2D eigenvalue weighted by molar-refractivity contribution is -0.143. The molecule has 1 aromatic heterocycles. The molecule has 2 aromatic carbocycles. The van der Waals surface area contributed by atoms with Crippen LogP contribution in [0, 0.1) is 12.8 Å². The second-order valence-corrected chi connectivity index (χ2v) is 10.2. The lowest BCUT2D eigenvalue weighted by Crippen LogP contribution is -2.48. The maximum Gasteiger partial charge on any atom is 0.308 e. The fourth-order valence-corrected chi connectivity index (χ4v) is 4.96. The van der Waals surface area contributed by atoms with Gasteiger partial charge < -0.3 is 10.1 Å². The normalized spacial score (nSPS) is 14.5. The molecule has 168 valence electrons. The third-order valence-electron chi connectivity index (χ3n) is 5.73. The number of carbonyl (C=O) groups is 2. The summed E-state index contributed by atoms with van der Waals surface area (Å²) in [6.07, 6.45) is -0.175. The molecule has 0 bridgehead atoms. The summed E-state index contributed by atoms with van der Waals surface area (Å²) in [5, 5.41) is 16.0. The Morgan fingerprint density at radius 3 is 2.25 bits per heavy atom. The van der Waals surface area contributed by atoms with Gasteiger partial charge in [0.05, 0.1) is 11.6 Å². The Balaban J connectivity index is 2.01. The van der Waals surface area contributed by atoms with Crippen LogP contribution < -0.4 is 5.14 Å². The van der Waals surface area contributed by atoms with E-state index in [1.807, 2.05) is 0 Å². The van der Waals surface area contributed by atoms with Crippen LogP contribution in [-0.2, 0) is 26.0 Å². The van der Waals surface area contributed by atoms with Gasteiger partial charge in [-0.1, -0.05) is 41.9 Å². The molecule has 2 unspecified atom stereocenters. The maximum atomic E-state index is 12.9. The van der Waals surface area contributed by atoms with Crippen molar-refractivity contribution in [3.05, 3.63) is 93.8 Å². The Morgan fingerprint density at radius 2 is 1.72 bits per heavy atom. The van der Waals surface area contributed by atoms with Crippen LogP contribution in [0.15, 0.2) is 60.7 Å². The monoisotopic (exact) mass is 474 g/mol. The predicted octanol–water partition coefficient (Wildman–Crippen LogP) is 3.65. The number of hydrogen-bond acceptors (Lipinski definition) is 4. The first-order valence-corrected chi connectivity index (χ1v) is 11.7. The van der Waals surface area contributed by atoms with Crippen molar-refractivity contribution in [1.82, 2.24) is 4.98 Å². The number of primary sulfonamides is 1. The van der Waals surface area contributed by atoms with E-state index in [1.54, 1.807) is 55.5 Å². The van der Waals surface area contributed by atoms with E-state index < -0.39 is 26.7 Å². The van der Waals surface area contributed by atoms with Crippen LogP contribution >= 0.6 is 11.6 Å². The molecular formula is C23H23ClN2O5S. The van der Waals surface area contributed by atoms with Crippen molar-refractivity contribution in [3.8, 4) is 0 Å². The summed E-state index contributed by atoms with van der Waals surface area (Å²) in [5.41, 5.74) is 2.01. The number of aromatic nitrogens is 1. The smallest absolute Gasteiger partial charge is 0.308 e. The summed E-state index contributed by atoms with van der Waals surface area (Å²) in [5.74, 6) is -3.01. The molecule has 3 rings (SSSR count). The first-order chi connectivity index (χ1) is 14.9. The average molecular weight is 475 g/mol. The fraction of sp³-hybridized carbons (Fsp3) is 0.217. The van der Waals surface area contributed by atoms with Crippen LogP contribution in [0.2, 0.25) is 5.02 Å². The molecule has 0 aliphatic carbocycles. The number of ketones is 1. The van der Waals surface area contributed by atoms with Crippen molar-refractivity contribution in [1.29, 1.82) is 0 Å². The SMILES string of the molecule is Cc1cc(CC(C(=O)O)C(C)(c2ccccc2)S(N)(=O)=O)[nH]c1C(=O)c1ccc(Cl)cc1. The lowest BCUT2D eigenvalue weighted by Gasteiger charge is -2.33. The van der Waals surface area contributed by atoms with E-state index in [-0.39, 0.29) is 17.8 Å². The first-order valence-electron chi connectivity index (χ1n) is 9.74. The summed E-state index contributed by atoms with van der Waals surface area (Å²) in [6, 6.07) is 16.1. The number of aryl methyl sites for hydroxylation is 1. The number of aromatic amines is 1. The molecule has 0 spiro atoms. The van der Waals surface area contributed by atoms with Gasteiger partial charge in [-0.3, -0.25) is 9.59 Å². The summed E-state index contributed by atoms with van der Waals surface area (Å²) in [4.78, 5) is 28.1. The highest BCUT2D eigenvalue weighted by Crippen LogP contribution is 2.38. The molecule has 4 N–H and O–H groups in total. The van der Waals surface area contributed by atoms with Gasteiger partial charge in [-0.05, 0) is 55.3 Å². The van der Waals surface area contributed by atoms with Crippen molar-refractivity contribution in [2.24, 2.45) is 11.1 Å². The Labute approximate surface area is 191 Å². The van der Waals surface area contributed by atoms with E-state index in [9.17, 15) is 23.1 Å². The number of carboxylic acids is 1. The summed E-state index contributed by atoms with van der Waals surface area (Å²) >= 11 is 5.88. The van der Waals surface area contributed by atoms with Crippen LogP contribution in [0.3, 0.4) is 0 Å². The summed E-state index contributed by atoms with van der Waals surface area (Å²) < 4.78 is 23.4. The number of aliphatic carboxylic acids is 1. The van der Waals surface area contributed by atoms with Gasteiger partial charge in [-0.2, -0.15) is 0 Å². The molecule has 2 atom stereocenters. The molecule has 0 saturated heterocycles. The number of benzene rings is 2. The van der Waals surface area contributed by atoms with Crippen molar-refractivity contribution in [3.63, 3.8) is 0 Å². The van der Waals surface area contributed by atoms with Crippen LogP contribution in [0.5, 0.6) is 0 Å². The third kappa shape index (κ3) is 4.48. The molecule has 1 heterocycles. The number of H-pyrrole nitrogens is 1. The van der Waals surface area contributed by atoms with Crippen LogP contribution in [0.4, 0.5) is 0 Å². The minimum absolute atomic E-state index is 0.175. The van der Waals surface area contributed by atoms with E-state index in [0.29, 0.717) is 27.5 Å². The molecular weight excluding hydrogens is 452 g/mol. The highest BCUT2D eigenvalue weighted by atomic mass is 35.5. The zero-order valence-corrected chi connectivity index (χ0v) is 19.1. The van der Waals surface area contributed by atoms with Gasteiger partial charge in [0.2, 0.25) is 15.8 Å². The summed E-state index contributed by atoms with van der Waals surface area (Å²) in [6.45, 7) is 3.03. The number of nitrogens with two attached hydrogens (primary N) is 1. The second-order valence-electron chi connectivity index (χ2n) is 7.80. The molecule has 32 heavy (non-hydrogen) atoms. The van der Waals surface area contributed by atoms with Gasteiger partial charge >= 0.3 is 5.97 Å². The van der Waals surface area contributed by atoms with E-state index in [1.165, 1.54) is 19.1 Å². The molecule has 0 radical (unpaired) electrons. The van der Waals surface area contributed by atoms with Gasteiger partial charge in [0.25, 0.3) is 0 Å². The predicted molar refractivity (Wildman–Crippen MR) is 122 cm³/mol. The van der Waals surface area contributed by atoms with Gasteiger partial charge in [-0.15, -0.1) is 0 Å². The third-order valence-corrected chi connectivity index (χ3v) is 7.68. The number of rotatable bonds is 8. The molecule has 0 aliphatic heterocycles. The van der Waals surface area contributed by atoms with E-state index in [2.05, 4.69) is 4.98 Å². The number of carbonyl (C=O) groups excluding carboxylic acids is 1. The minimum atomic E-state index is -4.32. The molecule has 0 amide bonds. The molecule has 7 nitrogen and oxygen atoms in total. The van der Waals surface area contributed by atoms with Gasteiger partial charge in [0, 0.05) is 22.7 Å². The van der Waals surface area contributed by atoms with Crippen LogP contribution in [0.25, 0.3) is 0 Å². The highest BCUT2D eigenvalue weighted by Gasteiger charge is 2.49. The van der Waals surface area contributed by atoms with Gasteiger partial charge in [-0.25, -0.2) is 13.6 Å². The minimum Gasteiger partial charge on any atom is -0.481 e. The molecule has 9 heteroatoms. The Bertz CT molecular complexity index is 1250. The molecule has 0 saturated carbocycles. The first kappa shape index (κ1) is 23.7. The fourth-order valence-electron chi connectivity index (χ4n) is 3.79.